The molecule has 98 valence electrons. The van der Waals surface area contributed by atoms with Crippen molar-refractivity contribution in [3.63, 3.8) is 0 Å². The number of morpholine rings is 1. The third kappa shape index (κ3) is 3.94. The minimum atomic E-state index is -0.220. The maximum Gasteiger partial charge on any atom is 0.249 e. The lowest BCUT2D eigenvalue weighted by Gasteiger charge is -2.29. The molecule has 1 amide bonds. The van der Waals surface area contributed by atoms with Crippen molar-refractivity contribution in [2.75, 3.05) is 39.5 Å². The number of ether oxygens (including phenoxy) is 2. The van der Waals surface area contributed by atoms with Crippen LogP contribution >= 0.6 is 0 Å². The monoisotopic (exact) mass is 242 g/mol. The number of nitrogens with zero attached hydrogens (tertiary/aromatic N) is 1. The van der Waals surface area contributed by atoms with E-state index in [1.165, 1.54) is 0 Å². The Hall–Kier alpha value is -0.650. The van der Waals surface area contributed by atoms with Crippen LogP contribution in [0.2, 0.25) is 0 Å². The first kappa shape index (κ1) is 12.8. The zero-order valence-corrected chi connectivity index (χ0v) is 10.5. The van der Waals surface area contributed by atoms with Gasteiger partial charge >= 0.3 is 0 Å². The number of carbonyl (C=O) groups excluding carboxylic acids is 1. The Kier molecular flexibility index (Phi) is 4.76. The van der Waals surface area contributed by atoms with E-state index in [9.17, 15) is 4.79 Å². The predicted octanol–water partition coefficient (Wildman–Crippen LogP) is 0.00230. The minimum Gasteiger partial charge on any atom is -0.379 e. The van der Waals surface area contributed by atoms with Gasteiger partial charge in [0.05, 0.1) is 13.2 Å². The molecule has 0 radical (unpaired) electrons. The van der Waals surface area contributed by atoms with Crippen LogP contribution in [0.3, 0.4) is 0 Å². The molecule has 2 heterocycles. The summed E-state index contributed by atoms with van der Waals surface area (Å²) >= 11 is 0. The molecular weight excluding hydrogens is 220 g/mol. The fourth-order valence-corrected chi connectivity index (χ4v) is 2.34. The van der Waals surface area contributed by atoms with Crippen molar-refractivity contribution in [3.8, 4) is 0 Å². The molecule has 2 atom stereocenters. The van der Waals surface area contributed by atoms with E-state index < -0.39 is 0 Å². The third-order valence-electron chi connectivity index (χ3n) is 3.25. The Balaban J connectivity index is 1.68. The quantitative estimate of drug-likeness (QED) is 0.754. The SMILES string of the molecule is CC(CN1CCOCC1)NC(=O)C1CCCO1. The maximum atomic E-state index is 11.8. The van der Waals surface area contributed by atoms with Crippen molar-refractivity contribution in [1.29, 1.82) is 0 Å². The average Bonchev–Trinajstić information content (AvgIpc) is 2.83. The van der Waals surface area contributed by atoms with E-state index in [4.69, 9.17) is 9.47 Å². The van der Waals surface area contributed by atoms with Gasteiger partial charge in [-0.3, -0.25) is 9.69 Å². The van der Waals surface area contributed by atoms with Crippen LogP contribution in [-0.4, -0.2) is 62.4 Å². The molecule has 17 heavy (non-hydrogen) atoms. The fourth-order valence-electron chi connectivity index (χ4n) is 2.34. The van der Waals surface area contributed by atoms with Gasteiger partial charge in [0.1, 0.15) is 6.10 Å². The second-order valence-electron chi connectivity index (χ2n) is 4.82. The lowest BCUT2D eigenvalue weighted by atomic mass is 10.2. The van der Waals surface area contributed by atoms with Gasteiger partial charge in [0.2, 0.25) is 5.91 Å². The first-order chi connectivity index (χ1) is 8.25. The van der Waals surface area contributed by atoms with Gasteiger partial charge in [-0.15, -0.1) is 0 Å². The van der Waals surface area contributed by atoms with E-state index in [-0.39, 0.29) is 18.1 Å². The second-order valence-corrected chi connectivity index (χ2v) is 4.82. The Morgan fingerprint density at radius 2 is 2.18 bits per heavy atom. The molecule has 2 saturated heterocycles. The number of hydrogen-bond donors (Lipinski definition) is 1. The van der Waals surface area contributed by atoms with E-state index >= 15 is 0 Å². The standard InChI is InChI=1S/C12H22N2O3/c1-10(9-14-4-7-16-8-5-14)13-12(15)11-3-2-6-17-11/h10-11H,2-9H2,1H3,(H,13,15). The van der Waals surface area contributed by atoms with Gasteiger partial charge in [-0.05, 0) is 19.8 Å². The molecule has 0 aliphatic carbocycles. The molecule has 2 fully saturated rings. The molecule has 0 aromatic heterocycles. The van der Waals surface area contributed by atoms with Crippen LogP contribution in [0.4, 0.5) is 0 Å². The largest absolute Gasteiger partial charge is 0.379 e. The van der Waals surface area contributed by atoms with Gasteiger partial charge in [0.15, 0.2) is 0 Å². The molecule has 2 rings (SSSR count). The molecular formula is C12H22N2O3. The molecule has 2 aliphatic heterocycles. The van der Waals surface area contributed by atoms with Gasteiger partial charge in [-0.1, -0.05) is 0 Å². The van der Waals surface area contributed by atoms with Crippen LogP contribution < -0.4 is 5.32 Å². The first-order valence-electron chi connectivity index (χ1n) is 6.48. The Labute approximate surface area is 102 Å². The van der Waals surface area contributed by atoms with Crippen molar-refractivity contribution in [1.82, 2.24) is 10.2 Å². The normalized spacial score (nSPS) is 27.9. The molecule has 0 spiro atoms. The fraction of sp³-hybridized carbons (Fsp3) is 0.917. The lowest BCUT2D eigenvalue weighted by molar-refractivity contribution is -0.130. The van der Waals surface area contributed by atoms with E-state index in [1.807, 2.05) is 6.92 Å². The summed E-state index contributed by atoms with van der Waals surface area (Å²) in [6, 6.07) is 0.171. The number of rotatable bonds is 4. The Bertz CT molecular complexity index is 248. The van der Waals surface area contributed by atoms with Crippen LogP contribution in [0.25, 0.3) is 0 Å². The summed E-state index contributed by atoms with van der Waals surface area (Å²) in [5.74, 6) is 0.0447. The van der Waals surface area contributed by atoms with Crippen molar-refractivity contribution in [2.24, 2.45) is 0 Å². The molecule has 5 nitrogen and oxygen atoms in total. The number of hydrogen-bond acceptors (Lipinski definition) is 4. The molecule has 0 aromatic rings. The van der Waals surface area contributed by atoms with Gasteiger partial charge in [0, 0.05) is 32.3 Å². The van der Waals surface area contributed by atoms with E-state index in [0.717, 1.165) is 52.3 Å². The number of amides is 1. The topological polar surface area (TPSA) is 50.8 Å². The summed E-state index contributed by atoms with van der Waals surface area (Å²) in [7, 11) is 0. The third-order valence-corrected chi connectivity index (χ3v) is 3.25. The molecule has 0 aromatic carbocycles. The number of carbonyl (C=O) groups is 1. The molecule has 1 N–H and O–H groups in total. The van der Waals surface area contributed by atoms with E-state index in [2.05, 4.69) is 10.2 Å². The Morgan fingerprint density at radius 3 is 2.82 bits per heavy atom. The van der Waals surface area contributed by atoms with Crippen LogP contribution in [0.15, 0.2) is 0 Å². The average molecular weight is 242 g/mol. The summed E-state index contributed by atoms with van der Waals surface area (Å²) in [4.78, 5) is 14.1. The number of nitrogens with one attached hydrogen (secondary N) is 1. The summed E-state index contributed by atoms with van der Waals surface area (Å²) in [5, 5.41) is 3.02. The zero-order valence-electron chi connectivity index (χ0n) is 10.5. The highest BCUT2D eigenvalue weighted by Gasteiger charge is 2.25. The van der Waals surface area contributed by atoms with Crippen LogP contribution in [0, 0.1) is 0 Å². The molecule has 0 bridgehead atoms. The van der Waals surface area contributed by atoms with Crippen molar-refractivity contribution in [3.05, 3.63) is 0 Å². The highest BCUT2D eigenvalue weighted by molar-refractivity contribution is 5.81. The lowest BCUT2D eigenvalue weighted by Crippen LogP contribution is -2.48. The summed E-state index contributed by atoms with van der Waals surface area (Å²) in [5.41, 5.74) is 0. The highest BCUT2D eigenvalue weighted by atomic mass is 16.5. The van der Waals surface area contributed by atoms with Gasteiger partial charge in [-0.2, -0.15) is 0 Å². The van der Waals surface area contributed by atoms with Crippen molar-refractivity contribution >= 4 is 5.91 Å². The van der Waals surface area contributed by atoms with Crippen LogP contribution in [-0.2, 0) is 14.3 Å². The van der Waals surface area contributed by atoms with E-state index in [1.54, 1.807) is 0 Å². The van der Waals surface area contributed by atoms with Gasteiger partial charge in [0.25, 0.3) is 0 Å². The molecule has 5 heteroatoms. The first-order valence-corrected chi connectivity index (χ1v) is 6.48. The minimum absolute atomic E-state index is 0.0447. The van der Waals surface area contributed by atoms with Crippen LogP contribution in [0.1, 0.15) is 19.8 Å². The summed E-state index contributed by atoms with van der Waals surface area (Å²) in [6.45, 7) is 7.17. The van der Waals surface area contributed by atoms with Gasteiger partial charge in [-0.25, -0.2) is 0 Å². The Morgan fingerprint density at radius 1 is 1.41 bits per heavy atom. The van der Waals surface area contributed by atoms with Crippen LogP contribution in [0.5, 0.6) is 0 Å². The smallest absolute Gasteiger partial charge is 0.249 e. The molecule has 0 saturated carbocycles. The van der Waals surface area contributed by atoms with Crippen molar-refractivity contribution in [2.45, 2.75) is 31.9 Å². The molecule has 2 aliphatic rings. The second kappa shape index (κ2) is 6.33. The molecule has 2 unspecified atom stereocenters. The van der Waals surface area contributed by atoms with E-state index in [0.29, 0.717) is 0 Å². The zero-order chi connectivity index (χ0) is 12.1. The highest BCUT2D eigenvalue weighted by Crippen LogP contribution is 2.12. The van der Waals surface area contributed by atoms with Crippen molar-refractivity contribution < 1.29 is 14.3 Å². The predicted molar refractivity (Wildman–Crippen MR) is 63.8 cm³/mol. The maximum absolute atomic E-state index is 11.8. The summed E-state index contributed by atoms with van der Waals surface area (Å²) in [6.07, 6.45) is 1.63. The summed E-state index contributed by atoms with van der Waals surface area (Å²) < 4.78 is 10.7. The van der Waals surface area contributed by atoms with Gasteiger partial charge < -0.3 is 14.8 Å².